The molecule has 0 saturated heterocycles. The van der Waals surface area contributed by atoms with E-state index in [1.807, 2.05) is 6.92 Å². The maximum Gasteiger partial charge on any atom is 0.236 e. The second kappa shape index (κ2) is 8.19. The van der Waals surface area contributed by atoms with Crippen molar-refractivity contribution >= 4 is 17.5 Å². The highest BCUT2D eigenvalue weighted by Crippen LogP contribution is 2.20. The Morgan fingerprint density at radius 1 is 1.45 bits per heavy atom. The molecule has 1 aromatic rings. The number of amides is 1. The van der Waals surface area contributed by atoms with E-state index in [1.165, 1.54) is 6.07 Å². The van der Waals surface area contributed by atoms with Gasteiger partial charge in [0.15, 0.2) is 0 Å². The molecule has 1 rings (SSSR count). The minimum absolute atomic E-state index is 0.0772. The molecular weight excluding hydrogens is 283 g/mol. The van der Waals surface area contributed by atoms with E-state index in [2.05, 4.69) is 10.6 Å². The second-order valence-corrected chi connectivity index (χ2v) is 4.97. The maximum atomic E-state index is 13.1. The zero-order chi connectivity index (χ0) is 15.1. The molecule has 4 nitrogen and oxygen atoms in total. The molecule has 6 heteroatoms. The smallest absolute Gasteiger partial charge is 0.236 e. The Hall–Kier alpha value is -1.17. The minimum atomic E-state index is -0.451. The van der Waals surface area contributed by atoms with Gasteiger partial charge in [0.25, 0.3) is 0 Å². The first-order valence-corrected chi connectivity index (χ1v) is 6.81. The lowest BCUT2D eigenvalue weighted by Gasteiger charge is -2.20. The number of ether oxygens (including phenoxy) is 1. The molecule has 1 amide bonds. The standard InChI is InChI=1S/C14H20ClFN2O2/c1-9(11-4-5-13(16)12(15)8-11)18-10(2)14(19)17-6-7-20-3/h4-5,8-10,18H,6-7H2,1-3H3,(H,17,19). The van der Waals surface area contributed by atoms with Gasteiger partial charge in [-0.3, -0.25) is 10.1 Å². The molecular formula is C14H20ClFN2O2. The fourth-order valence-electron chi connectivity index (χ4n) is 1.76. The Bertz CT molecular complexity index is 457. The van der Waals surface area contributed by atoms with Crippen LogP contribution in [-0.2, 0) is 9.53 Å². The van der Waals surface area contributed by atoms with Crippen molar-refractivity contribution in [3.8, 4) is 0 Å². The summed E-state index contributed by atoms with van der Waals surface area (Å²) in [5.74, 6) is -0.560. The van der Waals surface area contributed by atoms with Gasteiger partial charge in [0.2, 0.25) is 5.91 Å². The summed E-state index contributed by atoms with van der Waals surface area (Å²) in [6.45, 7) is 4.60. The van der Waals surface area contributed by atoms with Crippen molar-refractivity contribution in [2.45, 2.75) is 25.9 Å². The van der Waals surface area contributed by atoms with Gasteiger partial charge in [0.1, 0.15) is 5.82 Å². The number of methoxy groups -OCH3 is 1. The van der Waals surface area contributed by atoms with Gasteiger partial charge in [-0.2, -0.15) is 0 Å². The normalized spacial score (nSPS) is 13.8. The van der Waals surface area contributed by atoms with Gasteiger partial charge in [-0.15, -0.1) is 0 Å². The Morgan fingerprint density at radius 3 is 2.75 bits per heavy atom. The van der Waals surface area contributed by atoms with Gasteiger partial charge in [0, 0.05) is 19.7 Å². The number of carbonyl (C=O) groups is 1. The van der Waals surface area contributed by atoms with Crippen LogP contribution in [-0.4, -0.2) is 32.2 Å². The molecule has 0 fully saturated rings. The van der Waals surface area contributed by atoms with E-state index in [-0.39, 0.29) is 23.0 Å². The van der Waals surface area contributed by atoms with Crippen LogP contribution in [0.4, 0.5) is 4.39 Å². The van der Waals surface area contributed by atoms with Crippen LogP contribution < -0.4 is 10.6 Å². The van der Waals surface area contributed by atoms with E-state index < -0.39 is 5.82 Å². The third kappa shape index (κ3) is 5.07. The summed E-state index contributed by atoms with van der Waals surface area (Å²) >= 11 is 5.75. The topological polar surface area (TPSA) is 50.4 Å². The number of carbonyl (C=O) groups excluding carboxylic acids is 1. The summed E-state index contributed by atoms with van der Waals surface area (Å²) in [6, 6.07) is 4.04. The Morgan fingerprint density at radius 2 is 2.15 bits per heavy atom. The Labute approximate surface area is 123 Å². The third-order valence-corrected chi connectivity index (χ3v) is 3.23. The zero-order valence-corrected chi connectivity index (χ0v) is 12.6. The van der Waals surface area contributed by atoms with E-state index in [4.69, 9.17) is 16.3 Å². The van der Waals surface area contributed by atoms with Crippen LogP contribution in [0.5, 0.6) is 0 Å². The number of halogens is 2. The maximum absolute atomic E-state index is 13.1. The van der Waals surface area contributed by atoms with E-state index in [1.54, 1.807) is 26.2 Å². The SMILES string of the molecule is COCCNC(=O)C(C)NC(C)c1ccc(F)c(Cl)c1. The molecule has 0 aromatic heterocycles. The summed E-state index contributed by atoms with van der Waals surface area (Å²) in [5, 5.41) is 5.96. The van der Waals surface area contributed by atoms with Crippen LogP contribution >= 0.6 is 11.6 Å². The monoisotopic (exact) mass is 302 g/mol. The predicted octanol–water partition coefficient (Wildman–Crippen LogP) is 2.28. The summed E-state index contributed by atoms with van der Waals surface area (Å²) in [7, 11) is 1.58. The molecule has 0 aliphatic rings. The van der Waals surface area contributed by atoms with Crippen LogP contribution in [0, 0.1) is 5.82 Å². The fourth-order valence-corrected chi connectivity index (χ4v) is 1.95. The summed E-state index contributed by atoms with van der Waals surface area (Å²) in [4.78, 5) is 11.8. The summed E-state index contributed by atoms with van der Waals surface area (Å²) < 4.78 is 18.0. The molecule has 0 radical (unpaired) electrons. The van der Waals surface area contributed by atoms with E-state index in [0.717, 1.165) is 5.56 Å². The Kier molecular flexibility index (Phi) is 6.91. The van der Waals surface area contributed by atoms with Crippen molar-refractivity contribution in [2.75, 3.05) is 20.3 Å². The van der Waals surface area contributed by atoms with E-state index in [9.17, 15) is 9.18 Å². The first kappa shape index (κ1) is 16.9. The number of nitrogens with one attached hydrogen (secondary N) is 2. The van der Waals surface area contributed by atoms with Crippen molar-refractivity contribution in [2.24, 2.45) is 0 Å². The van der Waals surface area contributed by atoms with Crippen molar-refractivity contribution in [3.63, 3.8) is 0 Å². The van der Waals surface area contributed by atoms with Gasteiger partial charge >= 0.3 is 0 Å². The lowest BCUT2D eigenvalue weighted by atomic mass is 10.1. The van der Waals surface area contributed by atoms with Crippen LogP contribution in [0.3, 0.4) is 0 Å². The number of hydrogen-bond acceptors (Lipinski definition) is 3. The summed E-state index contributed by atoms with van der Waals surface area (Å²) in [5.41, 5.74) is 0.827. The highest BCUT2D eigenvalue weighted by molar-refractivity contribution is 6.30. The molecule has 2 unspecified atom stereocenters. The van der Waals surface area contributed by atoms with Crippen molar-refractivity contribution in [1.82, 2.24) is 10.6 Å². The van der Waals surface area contributed by atoms with Gasteiger partial charge in [-0.25, -0.2) is 4.39 Å². The molecule has 20 heavy (non-hydrogen) atoms. The molecule has 2 atom stereocenters. The minimum Gasteiger partial charge on any atom is -0.383 e. The zero-order valence-electron chi connectivity index (χ0n) is 11.9. The van der Waals surface area contributed by atoms with Crippen molar-refractivity contribution < 1.29 is 13.9 Å². The largest absolute Gasteiger partial charge is 0.383 e. The van der Waals surface area contributed by atoms with Crippen molar-refractivity contribution in [3.05, 3.63) is 34.6 Å². The average Bonchev–Trinajstić information content (AvgIpc) is 2.41. The number of hydrogen-bond donors (Lipinski definition) is 2. The molecule has 2 N–H and O–H groups in total. The summed E-state index contributed by atoms with van der Waals surface area (Å²) in [6.07, 6.45) is 0. The van der Waals surface area contributed by atoms with Crippen LogP contribution in [0.2, 0.25) is 5.02 Å². The second-order valence-electron chi connectivity index (χ2n) is 4.57. The molecule has 0 spiro atoms. The fraction of sp³-hybridized carbons (Fsp3) is 0.500. The quantitative estimate of drug-likeness (QED) is 0.760. The van der Waals surface area contributed by atoms with Gasteiger partial charge in [-0.1, -0.05) is 17.7 Å². The Balaban J connectivity index is 2.53. The van der Waals surface area contributed by atoms with Gasteiger partial charge < -0.3 is 10.1 Å². The third-order valence-electron chi connectivity index (χ3n) is 2.94. The highest BCUT2D eigenvalue weighted by Gasteiger charge is 2.16. The first-order valence-electron chi connectivity index (χ1n) is 6.43. The van der Waals surface area contributed by atoms with Crippen molar-refractivity contribution in [1.29, 1.82) is 0 Å². The first-order chi connectivity index (χ1) is 9.45. The van der Waals surface area contributed by atoms with E-state index >= 15 is 0 Å². The number of rotatable bonds is 7. The number of benzene rings is 1. The van der Waals surface area contributed by atoms with Crippen LogP contribution in [0.25, 0.3) is 0 Å². The molecule has 0 aliphatic heterocycles. The van der Waals surface area contributed by atoms with Crippen LogP contribution in [0.1, 0.15) is 25.5 Å². The predicted molar refractivity (Wildman–Crippen MR) is 77.3 cm³/mol. The van der Waals surface area contributed by atoms with E-state index in [0.29, 0.717) is 13.2 Å². The molecule has 1 aromatic carbocycles. The lowest BCUT2D eigenvalue weighted by Crippen LogP contribution is -2.44. The highest BCUT2D eigenvalue weighted by atomic mass is 35.5. The van der Waals surface area contributed by atoms with Crippen LogP contribution in [0.15, 0.2) is 18.2 Å². The van der Waals surface area contributed by atoms with Gasteiger partial charge in [0.05, 0.1) is 17.7 Å². The molecule has 0 bridgehead atoms. The molecule has 0 aliphatic carbocycles. The van der Waals surface area contributed by atoms with Gasteiger partial charge in [-0.05, 0) is 31.5 Å². The molecule has 0 saturated carbocycles. The lowest BCUT2D eigenvalue weighted by molar-refractivity contribution is -0.123. The molecule has 112 valence electrons. The average molecular weight is 303 g/mol. The molecule has 0 heterocycles.